The molecule has 0 N–H and O–H groups in total. The highest BCUT2D eigenvalue weighted by Gasteiger charge is 2.42. The molecule has 0 saturated heterocycles. The van der Waals surface area contributed by atoms with Gasteiger partial charge in [-0.2, -0.15) is 0 Å². The van der Waals surface area contributed by atoms with Gasteiger partial charge in [-0.05, 0) is 27.2 Å². The number of carbonyl (C=O) groups excluding carboxylic acids is 1. The quantitative estimate of drug-likeness (QED) is 0.452. The average Bonchev–Trinajstić information content (AvgIpc) is 2.18. The van der Waals surface area contributed by atoms with Crippen molar-refractivity contribution in [2.24, 2.45) is 0 Å². The zero-order valence-corrected chi connectivity index (χ0v) is 11.1. The molecule has 0 bridgehead atoms. The molecule has 0 heterocycles. The molecule has 4 nitrogen and oxygen atoms in total. The topological polar surface area (TPSA) is 44.8 Å². The lowest BCUT2D eigenvalue weighted by molar-refractivity contribution is 0.0509. The highest BCUT2D eigenvalue weighted by molar-refractivity contribution is 6.86. The zero-order chi connectivity index (χ0) is 11.7. The molecular weight excluding hydrogens is 212 g/mol. The summed E-state index contributed by atoms with van der Waals surface area (Å²) in [6.45, 7) is 8.54. The number of hydrogen-bond donors (Lipinski definition) is 0. The maximum atomic E-state index is 11.0. The third-order valence-electron chi connectivity index (χ3n) is 1.90. The fourth-order valence-electron chi connectivity index (χ4n) is 1.35. The largest absolute Gasteiger partial charge is 0.571 e. The minimum Gasteiger partial charge on any atom is -0.369 e. The molecule has 0 aromatic heterocycles. The molecule has 0 aromatic carbocycles. The van der Waals surface area contributed by atoms with Crippen molar-refractivity contribution in [2.45, 2.75) is 46.6 Å². The molecule has 0 radical (unpaired) electrons. The Morgan fingerprint density at radius 3 is 2.07 bits per heavy atom. The first-order valence-electron chi connectivity index (χ1n) is 5.56. The van der Waals surface area contributed by atoms with Gasteiger partial charge in [-0.25, -0.2) is 0 Å². The number of rotatable bonds is 9. The van der Waals surface area contributed by atoms with Gasteiger partial charge in [-0.15, -0.1) is 0 Å². The second-order valence-electron chi connectivity index (χ2n) is 3.30. The molecule has 1 atom stereocenters. The smallest absolute Gasteiger partial charge is 0.369 e. The molecule has 1 unspecified atom stereocenters. The standard InChI is InChI=1S/C10H22O4Si/c1-5-8-10(4)14-15(9-11,12-6-2)13-7-3/h9-10H,5-8H2,1-4H3. The van der Waals surface area contributed by atoms with E-state index in [-0.39, 0.29) is 6.10 Å². The van der Waals surface area contributed by atoms with Crippen LogP contribution in [-0.2, 0) is 18.1 Å². The molecule has 0 saturated carbocycles. The van der Waals surface area contributed by atoms with Gasteiger partial charge in [0.1, 0.15) is 0 Å². The van der Waals surface area contributed by atoms with Gasteiger partial charge in [0.15, 0.2) is 5.91 Å². The fourth-order valence-corrected chi connectivity index (χ4v) is 3.25. The van der Waals surface area contributed by atoms with Gasteiger partial charge in [-0.3, -0.25) is 0 Å². The van der Waals surface area contributed by atoms with E-state index in [1.165, 1.54) is 0 Å². The Morgan fingerprint density at radius 1 is 1.20 bits per heavy atom. The molecule has 0 aliphatic rings. The molecule has 0 aromatic rings. The monoisotopic (exact) mass is 234 g/mol. The van der Waals surface area contributed by atoms with Gasteiger partial charge in [0.2, 0.25) is 0 Å². The van der Waals surface area contributed by atoms with Crippen LogP contribution in [0.2, 0.25) is 0 Å². The Kier molecular flexibility index (Phi) is 7.86. The van der Waals surface area contributed by atoms with E-state index in [1.807, 2.05) is 20.8 Å². The van der Waals surface area contributed by atoms with Crippen molar-refractivity contribution in [3.05, 3.63) is 0 Å². The average molecular weight is 234 g/mol. The van der Waals surface area contributed by atoms with Crippen molar-refractivity contribution in [1.29, 1.82) is 0 Å². The summed E-state index contributed by atoms with van der Waals surface area (Å²) >= 11 is 0. The van der Waals surface area contributed by atoms with Gasteiger partial charge in [0, 0.05) is 19.3 Å². The Labute approximate surface area is 93.3 Å². The predicted molar refractivity (Wildman–Crippen MR) is 61.2 cm³/mol. The van der Waals surface area contributed by atoms with Crippen molar-refractivity contribution in [2.75, 3.05) is 13.2 Å². The van der Waals surface area contributed by atoms with Crippen LogP contribution in [0.15, 0.2) is 0 Å². The summed E-state index contributed by atoms with van der Waals surface area (Å²) < 4.78 is 16.4. The van der Waals surface area contributed by atoms with E-state index in [0.717, 1.165) is 12.8 Å². The van der Waals surface area contributed by atoms with Crippen LogP contribution in [0.25, 0.3) is 0 Å². The van der Waals surface area contributed by atoms with E-state index in [4.69, 9.17) is 13.3 Å². The predicted octanol–water partition coefficient (Wildman–Crippen LogP) is 1.98. The van der Waals surface area contributed by atoms with Gasteiger partial charge in [0.05, 0.1) is 0 Å². The van der Waals surface area contributed by atoms with Crippen LogP contribution in [0.3, 0.4) is 0 Å². The summed E-state index contributed by atoms with van der Waals surface area (Å²) in [6, 6.07) is 0. The Bertz CT molecular complexity index is 169. The number of carbonyl (C=O) groups is 1. The highest BCUT2D eigenvalue weighted by Crippen LogP contribution is 2.13. The van der Waals surface area contributed by atoms with Crippen molar-refractivity contribution in [1.82, 2.24) is 0 Å². The van der Waals surface area contributed by atoms with Crippen LogP contribution in [0, 0.1) is 0 Å². The molecule has 90 valence electrons. The lowest BCUT2D eigenvalue weighted by Gasteiger charge is -2.26. The maximum Gasteiger partial charge on any atom is 0.571 e. The fraction of sp³-hybridized carbons (Fsp3) is 0.900. The van der Waals surface area contributed by atoms with Crippen molar-refractivity contribution in [3.63, 3.8) is 0 Å². The van der Waals surface area contributed by atoms with E-state index < -0.39 is 8.80 Å². The molecule has 5 heteroatoms. The molecule has 15 heavy (non-hydrogen) atoms. The van der Waals surface area contributed by atoms with Crippen molar-refractivity contribution in [3.8, 4) is 0 Å². The Morgan fingerprint density at radius 2 is 1.73 bits per heavy atom. The summed E-state index contributed by atoms with van der Waals surface area (Å²) in [5.41, 5.74) is 0. The Balaban J connectivity index is 4.37. The van der Waals surface area contributed by atoms with Gasteiger partial charge >= 0.3 is 8.80 Å². The summed E-state index contributed by atoms with van der Waals surface area (Å²) in [4.78, 5) is 11.0. The van der Waals surface area contributed by atoms with Gasteiger partial charge in [0.25, 0.3) is 0 Å². The normalized spacial score (nSPS) is 13.9. The van der Waals surface area contributed by atoms with Crippen LogP contribution in [0.1, 0.15) is 40.5 Å². The van der Waals surface area contributed by atoms with Crippen LogP contribution in [0.4, 0.5) is 0 Å². The minimum absolute atomic E-state index is 0.00460. The van der Waals surface area contributed by atoms with Crippen LogP contribution < -0.4 is 0 Å². The lowest BCUT2D eigenvalue weighted by Crippen LogP contribution is -2.50. The van der Waals surface area contributed by atoms with E-state index in [1.54, 1.807) is 0 Å². The zero-order valence-electron chi connectivity index (χ0n) is 10.1. The lowest BCUT2D eigenvalue weighted by atomic mass is 10.2. The Hall–Kier alpha value is -0.233. The molecular formula is C10H22O4Si. The second-order valence-corrected chi connectivity index (χ2v) is 5.56. The summed E-state index contributed by atoms with van der Waals surface area (Å²) in [7, 11) is -3.05. The molecule has 0 fully saturated rings. The van der Waals surface area contributed by atoms with Crippen molar-refractivity contribution < 1.29 is 18.1 Å². The molecule has 0 amide bonds. The van der Waals surface area contributed by atoms with E-state index in [9.17, 15) is 4.79 Å². The molecule has 0 spiro atoms. The maximum absolute atomic E-state index is 11.0. The van der Waals surface area contributed by atoms with Crippen LogP contribution in [0.5, 0.6) is 0 Å². The van der Waals surface area contributed by atoms with Gasteiger partial charge < -0.3 is 18.1 Å². The summed E-state index contributed by atoms with van der Waals surface area (Å²) in [6.07, 6.45) is 1.93. The number of hydrogen-bond acceptors (Lipinski definition) is 4. The third-order valence-corrected chi connectivity index (χ3v) is 4.30. The van der Waals surface area contributed by atoms with E-state index >= 15 is 0 Å². The van der Waals surface area contributed by atoms with E-state index in [2.05, 4.69) is 6.92 Å². The minimum atomic E-state index is -3.05. The molecule has 0 rings (SSSR count). The second kappa shape index (κ2) is 7.98. The molecule has 0 aliphatic heterocycles. The molecule has 0 aliphatic carbocycles. The summed E-state index contributed by atoms with van der Waals surface area (Å²) in [5, 5.41) is 0. The summed E-state index contributed by atoms with van der Waals surface area (Å²) in [5.74, 6) is 0.714. The van der Waals surface area contributed by atoms with Gasteiger partial charge in [-0.1, -0.05) is 13.3 Å². The van der Waals surface area contributed by atoms with E-state index in [0.29, 0.717) is 19.1 Å². The SMILES string of the molecule is CCCC(C)O[Si](C=O)(OCC)OCC. The van der Waals surface area contributed by atoms with Crippen LogP contribution >= 0.6 is 0 Å². The van der Waals surface area contributed by atoms with Crippen LogP contribution in [-0.4, -0.2) is 34.0 Å². The third kappa shape index (κ3) is 5.41. The van der Waals surface area contributed by atoms with Crippen molar-refractivity contribution >= 4 is 14.7 Å². The first-order chi connectivity index (χ1) is 7.14. The first kappa shape index (κ1) is 14.8. The highest BCUT2D eigenvalue weighted by atomic mass is 28.4. The first-order valence-corrected chi connectivity index (χ1v) is 7.36.